The van der Waals surface area contributed by atoms with Gasteiger partial charge in [-0.25, -0.2) is 23.1 Å². The average Bonchev–Trinajstić information content (AvgIpc) is 2.99. The number of amides is 2. The van der Waals surface area contributed by atoms with Gasteiger partial charge in [0.25, 0.3) is 15.9 Å². The number of sulfonamides is 1. The average molecular weight is 434 g/mol. The zero-order valence-corrected chi connectivity index (χ0v) is 17.5. The SMILES string of the molecule is CCOc1ncnc2sc(C(=O)Nc3ccc(S(=O)(=O)NC(C)=O)cc3)c(C)c12. The molecule has 3 aromatic rings. The van der Waals surface area contributed by atoms with Gasteiger partial charge in [0, 0.05) is 12.6 Å². The summed E-state index contributed by atoms with van der Waals surface area (Å²) in [5.74, 6) is -0.611. The van der Waals surface area contributed by atoms with E-state index in [9.17, 15) is 18.0 Å². The van der Waals surface area contributed by atoms with Crippen molar-refractivity contribution in [2.45, 2.75) is 25.7 Å². The zero-order valence-electron chi connectivity index (χ0n) is 15.8. The molecule has 1 aromatic carbocycles. The molecule has 0 saturated carbocycles. The van der Waals surface area contributed by atoms with Crippen LogP contribution in [0.25, 0.3) is 10.2 Å². The van der Waals surface area contributed by atoms with E-state index in [0.29, 0.717) is 38.8 Å². The molecule has 0 fully saturated rings. The molecule has 9 nitrogen and oxygen atoms in total. The maximum absolute atomic E-state index is 12.7. The summed E-state index contributed by atoms with van der Waals surface area (Å²) in [6.45, 7) is 5.19. The molecule has 0 aliphatic carbocycles. The summed E-state index contributed by atoms with van der Waals surface area (Å²) < 4.78 is 31.4. The quantitative estimate of drug-likeness (QED) is 0.610. The van der Waals surface area contributed by atoms with Gasteiger partial charge in [-0.1, -0.05) is 0 Å². The number of nitrogens with one attached hydrogen (secondary N) is 2. The number of rotatable bonds is 6. The van der Waals surface area contributed by atoms with Gasteiger partial charge in [0.2, 0.25) is 11.8 Å². The molecular formula is C18H18N4O5S2. The highest BCUT2D eigenvalue weighted by Gasteiger charge is 2.20. The molecule has 3 rings (SSSR count). The second-order valence-corrected chi connectivity index (χ2v) is 8.67. The molecule has 29 heavy (non-hydrogen) atoms. The summed E-state index contributed by atoms with van der Waals surface area (Å²) in [6, 6.07) is 5.50. The van der Waals surface area contributed by atoms with Crippen molar-refractivity contribution in [3.63, 3.8) is 0 Å². The Morgan fingerprint density at radius 2 is 1.86 bits per heavy atom. The van der Waals surface area contributed by atoms with E-state index in [1.54, 1.807) is 6.92 Å². The third kappa shape index (κ3) is 4.35. The number of aryl methyl sites for hydroxylation is 1. The van der Waals surface area contributed by atoms with Gasteiger partial charge in [0.05, 0.1) is 21.8 Å². The number of hydrogen-bond donors (Lipinski definition) is 2. The van der Waals surface area contributed by atoms with Crippen LogP contribution in [0.15, 0.2) is 35.5 Å². The summed E-state index contributed by atoms with van der Waals surface area (Å²) in [7, 11) is -3.93. The van der Waals surface area contributed by atoms with Gasteiger partial charge in [0.15, 0.2) is 0 Å². The Morgan fingerprint density at radius 3 is 2.48 bits per heavy atom. The first-order valence-electron chi connectivity index (χ1n) is 8.54. The van der Waals surface area contributed by atoms with E-state index in [1.165, 1.54) is 41.9 Å². The van der Waals surface area contributed by atoms with Gasteiger partial charge in [0.1, 0.15) is 11.2 Å². The third-order valence-electron chi connectivity index (χ3n) is 3.88. The molecule has 0 saturated heterocycles. The number of fused-ring (bicyclic) bond motifs is 1. The molecule has 0 radical (unpaired) electrons. The predicted octanol–water partition coefficient (Wildman–Crippen LogP) is 2.48. The first-order chi connectivity index (χ1) is 13.7. The number of carbonyl (C=O) groups excluding carboxylic acids is 2. The molecule has 0 aliphatic rings. The van der Waals surface area contributed by atoms with E-state index < -0.39 is 15.9 Å². The largest absolute Gasteiger partial charge is 0.477 e. The Kier molecular flexibility index (Phi) is 5.80. The fourth-order valence-corrected chi connectivity index (χ4v) is 4.68. The molecule has 0 spiro atoms. The van der Waals surface area contributed by atoms with E-state index in [1.807, 2.05) is 11.6 Å². The van der Waals surface area contributed by atoms with Gasteiger partial charge in [-0.05, 0) is 43.7 Å². The molecule has 0 atom stereocenters. The lowest BCUT2D eigenvalue weighted by Crippen LogP contribution is -2.28. The minimum absolute atomic E-state index is 0.0830. The number of carbonyl (C=O) groups is 2. The fourth-order valence-electron chi connectivity index (χ4n) is 2.66. The Labute approximate surface area is 171 Å². The number of ether oxygens (including phenoxy) is 1. The number of anilines is 1. The van der Waals surface area contributed by atoms with Crippen LogP contribution in [0.3, 0.4) is 0 Å². The van der Waals surface area contributed by atoms with Crippen molar-refractivity contribution in [2.75, 3.05) is 11.9 Å². The maximum atomic E-state index is 12.7. The van der Waals surface area contributed by atoms with Crippen LogP contribution in [0.1, 0.15) is 29.1 Å². The molecule has 0 unspecified atom stereocenters. The number of hydrogen-bond acceptors (Lipinski definition) is 8. The second-order valence-electron chi connectivity index (χ2n) is 5.99. The first kappa shape index (κ1) is 20.7. The number of thiophene rings is 1. The first-order valence-corrected chi connectivity index (χ1v) is 10.8. The monoisotopic (exact) mass is 434 g/mol. The highest BCUT2D eigenvalue weighted by Crippen LogP contribution is 2.34. The number of benzene rings is 1. The summed E-state index contributed by atoms with van der Waals surface area (Å²) in [4.78, 5) is 33.1. The van der Waals surface area contributed by atoms with E-state index in [-0.39, 0.29) is 10.8 Å². The molecule has 2 amide bonds. The predicted molar refractivity (Wildman–Crippen MR) is 109 cm³/mol. The molecule has 2 N–H and O–H groups in total. The van der Waals surface area contributed by atoms with Crippen molar-refractivity contribution >= 4 is 49.1 Å². The minimum Gasteiger partial charge on any atom is -0.477 e. The number of nitrogens with zero attached hydrogens (tertiary/aromatic N) is 2. The second kappa shape index (κ2) is 8.13. The summed E-state index contributed by atoms with van der Waals surface area (Å²) >= 11 is 1.22. The van der Waals surface area contributed by atoms with Crippen LogP contribution in [0, 0.1) is 6.92 Å². The van der Waals surface area contributed by atoms with Crippen LogP contribution in [-0.2, 0) is 14.8 Å². The van der Waals surface area contributed by atoms with E-state index >= 15 is 0 Å². The van der Waals surface area contributed by atoms with Crippen molar-refractivity contribution in [1.29, 1.82) is 0 Å². The minimum atomic E-state index is -3.93. The summed E-state index contributed by atoms with van der Waals surface area (Å²) in [5, 5.41) is 3.43. The van der Waals surface area contributed by atoms with Crippen LogP contribution in [0.5, 0.6) is 5.88 Å². The van der Waals surface area contributed by atoms with Gasteiger partial charge < -0.3 is 10.1 Å². The van der Waals surface area contributed by atoms with Crippen LogP contribution in [0.4, 0.5) is 5.69 Å². The van der Waals surface area contributed by atoms with Crippen LogP contribution >= 0.6 is 11.3 Å². The molecule has 0 bridgehead atoms. The van der Waals surface area contributed by atoms with Crippen molar-refractivity contribution in [1.82, 2.24) is 14.7 Å². The number of aromatic nitrogens is 2. The lowest BCUT2D eigenvalue weighted by molar-refractivity contribution is -0.117. The van der Waals surface area contributed by atoms with Gasteiger partial charge in [-0.2, -0.15) is 0 Å². The highest BCUT2D eigenvalue weighted by molar-refractivity contribution is 7.90. The Hall–Kier alpha value is -3.05. The van der Waals surface area contributed by atoms with Crippen LogP contribution in [0.2, 0.25) is 0 Å². The summed E-state index contributed by atoms with van der Waals surface area (Å²) in [6.07, 6.45) is 1.39. The van der Waals surface area contributed by atoms with Gasteiger partial charge in [-0.15, -0.1) is 11.3 Å². The Balaban J connectivity index is 1.85. The van der Waals surface area contributed by atoms with Crippen LogP contribution in [-0.4, -0.2) is 36.8 Å². The van der Waals surface area contributed by atoms with Crippen molar-refractivity contribution in [3.8, 4) is 5.88 Å². The van der Waals surface area contributed by atoms with Crippen LogP contribution < -0.4 is 14.8 Å². The molecule has 152 valence electrons. The molecule has 0 aliphatic heterocycles. The highest BCUT2D eigenvalue weighted by atomic mass is 32.2. The Morgan fingerprint density at radius 1 is 1.17 bits per heavy atom. The Bertz CT molecular complexity index is 1190. The fraction of sp³-hybridized carbons (Fsp3) is 0.222. The van der Waals surface area contributed by atoms with Crippen molar-refractivity contribution in [2.24, 2.45) is 0 Å². The van der Waals surface area contributed by atoms with E-state index in [4.69, 9.17) is 4.74 Å². The third-order valence-corrected chi connectivity index (χ3v) is 6.53. The van der Waals surface area contributed by atoms with Crippen molar-refractivity contribution in [3.05, 3.63) is 41.0 Å². The lowest BCUT2D eigenvalue weighted by Gasteiger charge is -2.07. The van der Waals surface area contributed by atoms with E-state index in [2.05, 4.69) is 15.3 Å². The molecule has 2 aromatic heterocycles. The normalized spacial score (nSPS) is 11.3. The van der Waals surface area contributed by atoms with Gasteiger partial charge >= 0.3 is 0 Å². The van der Waals surface area contributed by atoms with Crippen molar-refractivity contribution < 1.29 is 22.7 Å². The molecule has 2 heterocycles. The van der Waals surface area contributed by atoms with E-state index in [0.717, 1.165) is 6.92 Å². The lowest BCUT2D eigenvalue weighted by atomic mass is 10.2. The van der Waals surface area contributed by atoms with Gasteiger partial charge in [-0.3, -0.25) is 9.59 Å². The zero-order chi connectivity index (χ0) is 21.2. The maximum Gasteiger partial charge on any atom is 0.266 e. The summed E-state index contributed by atoms with van der Waals surface area (Å²) in [5.41, 5.74) is 1.11. The standard InChI is InChI=1S/C18H18N4O5S2/c1-4-27-17-14-10(2)15(28-18(14)20-9-19-17)16(24)21-12-5-7-13(8-6-12)29(25,26)22-11(3)23/h5-9H,4H2,1-3H3,(H,21,24)(H,22,23). The molecule has 11 heteroatoms. The smallest absolute Gasteiger partial charge is 0.266 e. The topological polar surface area (TPSA) is 127 Å². The molecular weight excluding hydrogens is 416 g/mol.